The maximum atomic E-state index is 13.2. The van der Waals surface area contributed by atoms with E-state index in [-0.39, 0.29) is 78.9 Å². The minimum absolute atomic E-state index is 0. The number of aromatic nitrogens is 4. The molecule has 0 bridgehead atoms. The van der Waals surface area contributed by atoms with E-state index in [1.807, 2.05) is 0 Å². The van der Waals surface area contributed by atoms with Crippen LogP contribution in [0.15, 0.2) is 80.2 Å². The van der Waals surface area contributed by atoms with Crippen molar-refractivity contribution in [1.29, 1.82) is 0 Å². The predicted octanol–water partition coefficient (Wildman–Crippen LogP) is 2.02. The Balaban J connectivity index is 0.00000264. The molecule has 0 radical (unpaired) electrons. The molecule has 320 valence electrons. The molecule has 2 aliphatic heterocycles. The lowest BCUT2D eigenvalue weighted by molar-refractivity contribution is 0.262. The first-order valence-electron chi connectivity index (χ1n) is 16.9. The molecule has 62 heavy (non-hydrogen) atoms. The molecule has 4 heterocycles. The molecule has 0 atom stereocenters. The summed E-state index contributed by atoms with van der Waals surface area (Å²) in [5.74, 6) is 0. The zero-order chi connectivity index (χ0) is 42.4. The number of urea groups is 1. The van der Waals surface area contributed by atoms with Gasteiger partial charge in [0.05, 0.1) is 11.4 Å². The summed E-state index contributed by atoms with van der Waals surface area (Å²) in [6.45, 7) is 0. The molecular formula is C33H24N10O15S4. The van der Waals surface area contributed by atoms with Crippen molar-refractivity contribution in [2.24, 2.45) is 0 Å². The van der Waals surface area contributed by atoms with E-state index in [4.69, 9.17) is 0 Å². The van der Waals surface area contributed by atoms with Gasteiger partial charge >= 0.3 is 17.4 Å². The number of anilines is 4. The number of benzene rings is 4. The topological polar surface area (TPSA) is 385 Å². The average molecular weight is 929 g/mol. The van der Waals surface area contributed by atoms with Crippen molar-refractivity contribution in [1.82, 2.24) is 19.8 Å². The summed E-state index contributed by atoms with van der Waals surface area (Å²) in [4.78, 5) is 13.6. The van der Waals surface area contributed by atoms with Crippen molar-refractivity contribution in [2.45, 2.75) is 32.4 Å². The van der Waals surface area contributed by atoms with Gasteiger partial charge in [0.15, 0.2) is 0 Å². The van der Waals surface area contributed by atoms with Crippen LogP contribution < -0.4 is 31.7 Å². The SMILES string of the molecule is O=C(Nc1ccc(N2Nn3nc4ccc(S(=O)(=O)O)c5c4c3C2=[C+]C5)c(S(=O)(=O)O)c1)Nc1ccc(N2Nn3nc4ccc(S(=O)(=O)O)c5c4c3C2=[C+]C5)c(S(=O)(=O)O)c1.[OH-].[OH-]. The van der Waals surface area contributed by atoms with E-state index in [1.165, 1.54) is 68.1 Å². The van der Waals surface area contributed by atoms with Crippen molar-refractivity contribution in [3.05, 3.63) is 95.3 Å². The highest BCUT2D eigenvalue weighted by molar-refractivity contribution is 7.86. The van der Waals surface area contributed by atoms with Crippen LogP contribution in [0.2, 0.25) is 0 Å². The highest BCUT2D eigenvalue weighted by atomic mass is 32.2. The maximum Gasteiger partial charge on any atom is 0.323 e. The van der Waals surface area contributed by atoms with Crippen molar-refractivity contribution >= 4 is 102 Å². The standard InChI is InChI=1S/C33H20N10O13S4.2H2O/c44-33(34-15-1-7-21(27(13-15)59(51,52)53)40-23-9-3-17-25(57(45,46)47)11-5-19-29(17)31(23)42(36-19)38-40)35-16-2-8-22(28(14-16)60(54,55)56)41-24-10-4-18-26(58(48,49)50)12-6-20-30(18)32(24)43(37-20)39-41;;/h1-2,5-8,11-14,38-39H,3-4H2,(H4-2,34,35,44,45,46,47,48,49,50,51,52,53,54,55,56);2*1H2. The lowest BCUT2D eigenvalue weighted by Gasteiger charge is -2.20. The van der Waals surface area contributed by atoms with Gasteiger partial charge in [-0.3, -0.25) is 18.2 Å². The van der Waals surface area contributed by atoms with E-state index in [1.54, 1.807) is 0 Å². The molecule has 2 aliphatic carbocycles. The van der Waals surface area contributed by atoms with E-state index in [0.717, 1.165) is 12.1 Å². The quantitative estimate of drug-likeness (QED) is 0.0799. The number of rotatable bonds is 8. The van der Waals surface area contributed by atoms with Crippen LogP contribution in [-0.2, 0) is 53.3 Å². The van der Waals surface area contributed by atoms with Gasteiger partial charge in [0.1, 0.15) is 66.4 Å². The van der Waals surface area contributed by atoms with Gasteiger partial charge in [-0.25, -0.2) is 4.79 Å². The second-order valence-electron chi connectivity index (χ2n) is 13.5. The van der Waals surface area contributed by atoms with Gasteiger partial charge in [-0.2, -0.15) is 54.8 Å². The summed E-state index contributed by atoms with van der Waals surface area (Å²) in [6.07, 6.45) is 5.73. The van der Waals surface area contributed by atoms with Crippen LogP contribution in [0.4, 0.5) is 27.5 Å². The molecule has 0 unspecified atom stereocenters. The van der Waals surface area contributed by atoms with E-state index in [9.17, 15) is 56.7 Å². The number of carbonyl (C=O) groups excluding carboxylic acids is 1. The largest absolute Gasteiger partial charge is 0.870 e. The van der Waals surface area contributed by atoms with Gasteiger partial charge in [0.2, 0.25) is 0 Å². The van der Waals surface area contributed by atoms with Crippen molar-refractivity contribution in [3.8, 4) is 0 Å². The van der Waals surface area contributed by atoms with Gasteiger partial charge in [-0.1, -0.05) is 9.58 Å². The smallest absolute Gasteiger partial charge is 0.323 e. The number of hydrazine groups is 2. The Labute approximate surface area is 348 Å². The third-order valence-corrected chi connectivity index (χ3v) is 13.6. The van der Waals surface area contributed by atoms with E-state index < -0.39 is 56.3 Å². The Bertz CT molecular complexity index is 3320. The van der Waals surface area contributed by atoms with Crippen molar-refractivity contribution in [3.63, 3.8) is 0 Å². The van der Waals surface area contributed by atoms with E-state index in [0.29, 0.717) is 33.2 Å². The number of allylic oxidation sites excluding steroid dienone is 2. The number of hydrogen-bond donors (Lipinski definition) is 8. The molecule has 0 saturated heterocycles. The maximum absolute atomic E-state index is 13.2. The number of carbonyl (C=O) groups is 1. The minimum Gasteiger partial charge on any atom is -0.870 e. The molecular weight excluding hydrogens is 905 g/mol. The van der Waals surface area contributed by atoms with E-state index >= 15 is 0 Å². The van der Waals surface area contributed by atoms with Gasteiger partial charge in [0.25, 0.3) is 51.9 Å². The molecule has 10 rings (SSSR count). The summed E-state index contributed by atoms with van der Waals surface area (Å²) in [5.41, 5.74) is 7.28. The van der Waals surface area contributed by atoms with Gasteiger partial charge in [-0.15, -0.1) is 10.2 Å². The van der Waals surface area contributed by atoms with Gasteiger partial charge in [-0.05, 0) is 60.7 Å². The highest BCUT2D eigenvalue weighted by Gasteiger charge is 2.47. The molecule has 10 N–H and O–H groups in total. The molecule has 0 spiro atoms. The predicted molar refractivity (Wildman–Crippen MR) is 213 cm³/mol. The Morgan fingerprint density at radius 1 is 0.565 bits per heavy atom. The number of nitrogens with one attached hydrogen (secondary N) is 4. The fraction of sp³-hybridized carbons (Fsp3) is 0.0606. The first kappa shape index (κ1) is 41.9. The zero-order valence-electron chi connectivity index (χ0n) is 30.4. The summed E-state index contributed by atoms with van der Waals surface area (Å²) in [5, 5.41) is 16.7. The normalized spacial score (nSPS) is 14.8. The highest BCUT2D eigenvalue weighted by Crippen LogP contribution is 2.45. The van der Waals surface area contributed by atoms with Gasteiger partial charge < -0.3 is 21.6 Å². The number of amides is 2. The summed E-state index contributed by atoms with van der Waals surface area (Å²) < 4.78 is 139. The van der Waals surface area contributed by atoms with E-state index in [2.05, 4.69) is 44.1 Å². The Morgan fingerprint density at radius 3 is 1.29 bits per heavy atom. The molecule has 0 fully saturated rings. The van der Waals surface area contributed by atoms with Crippen LogP contribution in [0, 0.1) is 12.2 Å². The first-order valence-corrected chi connectivity index (χ1v) is 22.6. The summed E-state index contributed by atoms with van der Waals surface area (Å²) in [6, 6.07) is 11.1. The Kier molecular flexibility index (Phi) is 9.17. The fourth-order valence-electron chi connectivity index (χ4n) is 7.65. The van der Waals surface area contributed by atoms with Crippen LogP contribution in [-0.4, -0.2) is 88.6 Å². The van der Waals surface area contributed by atoms with Crippen molar-refractivity contribution < 1.29 is 67.6 Å². The number of nitrogens with zero attached hydrogens (tertiary/aromatic N) is 6. The van der Waals surface area contributed by atoms with Crippen molar-refractivity contribution in [2.75, 3.05) is 31.7 Å². The average Bonchev–Trinajstić information content (AvgIpc) is 3.91. The van der Waals surface area contributed by atoms with Crippen LogP contribution in [0.1, 0.15) is 22.5 Å². The molecule has 2 aromatic heterocycles. The summed E-state index contributed by atoms with van der Waals surface area (Å²) >= 11 is 0. The van der Waals surface area contributed by atoms with Crippen LogP contribution >= 0.6 is 0 Å². The molecule has 0 saturated carbocycles. The summed E-state index contributed by atoms with van der Waals surface area (Å²) in [7, 11) is -19.2. The molecule has 4 aromatic carbocycles. The van der Waals surface area contributed by atoms with Gasteiger partial charge in [0, 0.05) is 22.5 Å². The Hall–Kier alpha value is -6.85. The third kappa shape index (κ3) is 6.33. The monoisotopic (exact) mass is 928 g/mol. The first-order chi connectivity index (χ1) is 28.2. The molecule has 25 nitrogen and oxygen atoms in total. The minimum atomic E-state index is -5.01. The molecule has 2 amide bonds. The van der Waals surface area contributed by atoms with Crippen LogP contribution in [0.25, 0.3) is 33.2 Å². The lowest BCUT2D eigenvalue weighted by atomic mass is 9.97. The Morgan fingerprint density at radius 2 is 0.935 bits per heavy atom. The lowest BCUT2D eigenvalue weighted by Crippen LogP contribution is -2.30. The third-order valence-electron chi connectivity index (χ3n) is 9.99. The number of hydrogen-bond acceptors (Lipinski definition) is 17. The second-order valence-corrected chi connectivity index (χ2v) is 19.1. The molecule has 6 aromatic rings. The fourth-order valence-corrected chi connectivity index (χ4v) is 10.5. The second kappa shape index (κ2) is 13.6. The van der Waals surface area contributed by atoms with Crippen LogP contribution in [0.5, 0.6) is 0 Å². The zero-order valence-corrected chi connectivity index (χ0v) is 33.6. The molecule has 29 heteroatoms. The van der Waals surface area contributed by atoms with Crippen LogP contribution in [0.3, 0.4) is 0 Å². The molecule has 4 aliphatic rings.